The molecule has 1 atom stereocenters. The number of amides is 2. The Kier molecular flexibility index (Phi) is 6.28. The van der Waals surface area contributed by atoms with Crippen LogP contribution in [-0.2, 0) is 11.0 Å². The molecule has 188 valence electrons. The summed E-state index contributed by atoms with van der Waals surface area (Å²) in [6.45, 7) is 2.85. The molecule has 12 heteroatoms. The van der Waals surface area contributed by atoms with Crippen molar-refractivity contribution in [3.8, 4) is 0 Å². The van der Waals surface area contributed by atoms with E-state index in [1.54, 1.807) is 17.2 Å². The fourth-order valence-corrected chi connectivity index (χ4v) is 5.12. The Balaban J connectivity index is 1.35. The maximum absolute atomic E-state index is 13.7. The van der Waals surface area contributed by atoms with Gasteiger partial charge in [0.1, 0.15) is 17.3 Å². The molecule has 0 saturated carbocycles. The number of likely N-dealkylation sites (tertiary alicyclic amines) is 1. The number of rotatable bonds is 4. The van der Waals surface area contributed by atoms with E-state index in [0.717, 1.165) is 25.9 Å². The zero-order chi connectivity index (χ0) is 24.6. The molecule has 5 rings (SSSR count). The first-order valence-electron chi connectivity index (χ1n) is 12.0. The molecule has 2 amide bonds. The molecule has 0 bridgehead atoms. The van der Waals surface area contributed by atoms with Gasteiger partial charge < -0.3 is 25.4 Å². The number of carbonyl (C=O) groups excluding carboxylic acids is 2. The van der Waals surface area contributed by atoms with Crippen LogP contribution in [0.25, 0.3) is 0 Å². The van der Waals surface area contributed by atoms with Crippen LogP contribution in [0.5, 0.6) is 0 Å². The van der Waals surface area contributed by atoms with Crippen LogP contribution in [-0.4, -0.2) is 64.4 Å². The minimum absolute atomic E-state index is 0.0455. The predicted molar refractivity (Wildman–Crippen MR) is 122 cm³/mol. The summed E-state index contributed by atoms with van der Waals surface area (Å²) < 4.78 is 41.0. The first-order valence-corrected chi connectivity index (χ1v) is 12.0. The second-order valence-corrected chi connectivity index (χ2v) is 9.28. The van der Waals surface area contributed by atoms with E-state index >= 15 is 0 Å². The van der Waals surface area contributed by atoms with Gasteiger partial charge in [0.05, 0.1) is 6.04 Å². The van der Waals surface area contributed by atoms with Gasteiger partial charge in [-0.2, -0.15) is 13.2 Å². The second-order valence-electron chi connectivity index (χ2n) is 9.28. The molecule has 5 heterocycles. The number of anilines is 2. The van der Waals surface area contributed by atoms with Crippen LogP contribution in [0, 0.1) is 5.92 Å². The summed E-state index contributed by atoms with van der Waals surface area (Å²) >= 11 is 0. The van der Waals surface area contributed by atoms with Gasteiger partial charge >= 0.3 is 6.18 Å². The molecule has 3 aliphatic rings. The standard InChI is InChI=1S/C23H28F3N7O2/c24-23(25,26)22-30-17(29-16-4-8-28-20(34)19-15(16)3-7-27-19)13-18(31-22)32-11-5-14(6-12-32)21(35)33-9-1-2-10-33/h3,7,13-14,16,27H,1-2,4-6,8-12H2,(H,28,34)(H,29,30,31). The second kappa shape index (κ2) is 9.38. The molecule has 2 aromatic rings. The Bertz CT molecular complexity index is 1090. The Labute approximate surface area is 200 Å². The van der Waals surface area contributed by atoms with Gasteiger partial charge in [-0.15, -0.1) is 0 Å². The van der Waals surface area contributed by atoms with Crippen molar-refractivity contribution in [2.75, 3.05) is 42.9 Å². The van der Waals surface area contributed by atoms with Crippen LogP contribution in [0.1, 0.15) is 60.0 Å². The average Bonchev–Trinajstić information content (AvgIpc) is 3.53. The van der Waals surface area contributed by atoms with Crippen molar-refractivity contribution in [3.63, 3.8) is 0 Å². The van der Waals surface area contributed by atoms with Gasteiger partial charge in [-0.25, -0.2) is 9.97 Å². The number of nitrogens with one attached hydrogen (secondary N) is 3. The molecule has 2 saturated heterocycles. The normalized spacial score (nSPS) is 21.5. The lowest BCUT2D eigenvalue weighted by Gasteiger charge is -2.34. The zero-order valence-corrected chi connectivity index (χ0v) is 19.2. The van der Waals surface area contributed by atoms with Gasteiger partial charge in [-0.3, -0.25) is 9.59 Å². The van der Waals surface area contributed by atoms with E-state index in [0.29, 0.717) is 50.2 Å². The van der Waals surface area contributed by atoms with Crippen molar-refractivity contribution >= 4 is 23.5 Å². The van der Waals surface area contributed by atoms with E-state index in [-0.39, 0.29) is 29.4 Å². The van der Waals surface area contributed by atoms with Gasteiger partial charge in [0.25, 0.3) is 5.91 Å². The Morgan fingerprint density at radius 1 is 1.09 bits per heavy atom. The SMILES string of the molecule is O=C1NCCC(Nc2cc(N3CCC(C(=O)N4CCCC4)CC3)nc(C(F)(F)F)n2)c2cc[nH]c21. The van der Waals surface area contributed by atoms with Crippen molar-refractivity contribution in [1.82, 2.24) is 25.2 Å². The highest BCUT2D eigenvalue weighted by atomic mass is 19.4. The van der Waals surface area contributed by atoms with Gasteiger partial charge in [-0.1, -0.05) is 0 Å². The molecule has 9 nitrogen and oxygen atoms in total. The first kappa shape index (κ1) is 23.4. The molecule has 35 heavy (non-hydrogen) atoms. The molecule has 2 fully saturated rings. The average molecular weight is 492 g/mol. The summed E-state index contributed by atoms with van der Waals surface area (Å²) in [6, 6.07) is 2.86. The summed E-state index contributed by atoms with van der Waals surface area (Å²) in [7, 11) is 0. The third kappa shape index (κ3) is 4.92. The van der Waals surface area contributed by atoms with Crippen molar-refractivity contribution in [2.45, 2.75) is 44.3 Å². The molecule has 2 aromatic heterocycles. The minimum Gasteiger partial charge on any atom is -0.363 e. The third-order valence-electron chi connectivity index (χ3n) is 6.97. The third-order valence-corrected chi connectivity index (χ3v) is 6.97. The number of hydrogen-bond acceptors (Lipinski definition) is 6. The number of hydrogen-bond donors (Lipinski definition) is 3. The fraction of sp³-hybridized carbons (Fsp3) is 0.565. The van der Waals surface area contributed by atoms with Crippen LogP contribution in [0.2, 0.25) is 0 Å². The van der Waals surface area contributed by atoms with E-state index in [1.165, 1.54) is 6.07 Å². The van der Waals surface area contributed by atoms with Crippen LogP contribution < -0.4 is 15.5 Å². The lowest BCUT2D eigenvalue weighted by Crippen LogP contribution is -2.42. The monoisotopic (exact) mass is 491 g/mol. The van der Waals surface area contributed by atoms with E-state index in [4.69, 9.17) is 0 Å². The van der Waals surface area contributed by atoms with Gasteiger partial charge in [0, 0.05) is 56.5 Å². The van der Waals surface area contributed by atoms with E-state index in [2.05, 4.69) is 25.6 Å². The summed E-state index contributed by atoms with van der Waals surface area (Å²) in [5.74, 6) is -1.19. The number of aromatic nitrogens is 3. The van der Waals surface area contributed by atoms with Crippen LogP contribution >= 0.6 is 0 Å². The number of halogens is 3. The molecule has 0 aliphatic carbocycles. The highest BCUT2D eigenvalue weighted by Gasteiger charge is 2.37. The Hall–Kier alpha value is -3.31. The van der Waals surface area contributed by atoms with Crippen molar-refractivity contribution in [1.29, 1.82) is 0 Å². The molecule has 1 unspecified atom stereocenters. The summed E-state index contributed by atoms with van der Waals surface area (Å²) in [4.78, 5) is 39.1. The van der Waals surface area contributed by atoms with Crippen molar-refractivity contribution in [2.24, 2.45) is 5.92 Å². The van der Waals surface area contributed by atoms with Gasteiger partial charge in [-0.05, 0) is 38.2 Å². The topological polar surface area (TPSA) is 106 Å². The number of nitrogens with zero attached hydrogens (tertiary/aromatic N) is 4. The largest absolute Gasteiger partial charge is 0.451 e. The maximum Gasteiger partial charge on any atom is 0.451 e. The molecule has 3 N–H and O–H groups in total. The van der Waals surface area contributed by atoms with Crippen LogP contribution in [0.15, 0.2) is 18.3 Å². The minimum atomic E-state index is -4.71. The lowest BCUT2D eigenvalue weighted by molar-refractivity contribution is -0.144. The molecule has 0 spiro atoms. The number of piperidine rings is 1. The summed E-state index contributed by atoms with van der Waals surface area (Å²) in [5, 5.41) is 5.86. The Morgan fingerprint density at radius 2 is 1.83 bits per heavy atom. The van der Waals surface area contributed by atoms with Gasteiger partial charge in [0.15, 0.2) is 0 Å². The van der Waals surface area contributed by atoms with E-state index in [9.17, 15) is 22.8 Å². The van der Waals surface area contributed by atoms with E-state index in [1.807, 2.05) is 4.90 Å². The smallest absolute Gasteiger partial charge is 0.363 e. The van der Waals surface area contributed by atoms with Gasteiger partial charge in [0.2, 0.25) is 11.7 Å². The molecule has 0 radical (unpaired) electrons. The predicted octanol–water partition coefficient (Wildman–Crippen LogP) is 2.95. The first-order chi connectivity index (χ1) is 16.8. The van der Waals surface area contributed by atoms with Crippen LogP contribution in [0.4, 0.5) is 24.8 Å². The molecular weight excluding hydrogens is 463 g/mol. The molecule has 3 aliphatic heterocycles. The summed E-state index contributed by atoms with van der Waals surface area (Å²) in [6.07, 6.45) is 0.607. The fourth-order valence-electron chi connectivity index (χ4n) is 5.12. The number of carbonyl (C=O) groups is 2. The highest BCUT2D eigenvalue weighted by Crippen LogP contribution is 2.33. The zero-order valence-electron chi connectivity index (χ0n) is 19.2. The number of aromatic amines is 1. The number of alkyl halides is 3. The maximum atomic E-state index is 13.7. The van der Waals surface area contributed by atoms with Crippen molar-refractivity contribution in [3.05, 3.63) is 35.4 Å². The lowest BCUT2D eigenvalue weighted by atomic mass is 9.95. The molecular formula is C23H28F3N7O2. The summed E-state index contributed by atoms with van der Waals surface area (Å²) in [5.41, 5.74) is 1.06. The number of fused-ring (bicyclic) bond motifs is 1. The highest BCUT2D eigenvalue weighted by molar-refractivity contribution is 5.94. The van der Waals surface area contributed by atoms with E-state index < -0.39 is 18.0 Å². The molecule has 0 aromatic carbocycles. The van der Waals surface area contributed by atoms with Crippen LogP contribution in [0.3, 0.4) is 0 Å². The van der Waals surface area contributed by atoms with Crippen molar-refractivity contribution < 1.29 is 22.8 Å². The number of H-pyrrole nitrogens is 1. The Morgan fingerprint density at radius 3 is 2.54 bits per heavy atom. The quantitative estimate of drug-likeness (QED) is 0.607.